The lowest BCUT2D eigenvalue weighted by Gasteiger charge is -2.38. The first-order valence-electron chi connectivity index (χ1n) is 4.93. The molecule has 0 atom stereocenters. The van der Waals surface area contributed by atoms with E-state index in [-0.39, 0.29) is 11.7 Å². The molecule has 1 fully saturated rings. The summed E-state index contributed by atoms with van der Waals surface area (Å²) in [4.78, 5) is 11.7. The van der Waals surface area contributed by atoms with Crippen molar-refractivity contribution >= 4 is 11.7 Å². The first kappa shape index (κ1) is 10.8. The molecule has 80 valence electrons. The molecule has 0 aliphatic heterocycles. The smallest absolute Gasteiger partial charge is 0.233 e. The molecule has 1 saturated carbocycles. The van der Waals surface area contributed by atoms with Gasteiger partial charge in [-0.3, -0.25) is 4.79 Å². The molecule has 5 nitrogen and oxygen atoms in total. The number of oxime groups is 1. The summed E-state index contributed by atoms with van der Waals surface area (Å²) in [6.45, 7) is 2.62. The van der Waals surface area contributed by atoms with E-state index in [1.807, 2.05) is 6.92 Å². The zero-order chi connectivity index (χ0) is 10.6. The Labute approximate surface area is 83.3 Å². The molecule has 0 unspecified atom stereocenters. The van der Waals surface area contributed by atoms with Gasteiger partial charge in [0.15, 0.2) is 5.84 Å². The molecule has 0 aromatic rings. The molecule has 1 aliphatic carbocycles. The van der Waals surface area contributed by atoms with Gasteiger partial charge in [0.05, 0.1) is 0 Å². The highest BCUT2D eigenvalue weighted by Crippen LogP contribution is 2.41. The van der Waals surface area contributed by atoms with Crippen LogP contribution >= 0.6 is 0 Å². The molecule has 0 saturated heterocycles. The number of hydrogen-bond acceptors (Lipinski definition) is 3. The minimum Gasteiger partial charge on any atom is -0.409 e. The zero-order valence-electron chi connectivity index (χ0n) is 8.42. The monoisotopic (exact) mass is 199 g/mol. The van der Waals surface area contributed by atoms with Gasteiger partial charge in [0.1, 0.15) is 5.41 Å². The van der Waals surface area contributed by atoms with Crippen LogP contribution < -0.4 is 11.1 Å². The maximum atomic E-state index is 11.7. The number of carbonyl (C=O) groups is 1. The van der Waals surface area contributed by atoms with Crippen LogP contribution in [0.15, 0.2) is 5.16 Å². The summed E-state index contributed by atoms with van der Waals surface area (Å²) in [5.41, 5.74) is 4.79. The highest BCUT2D eigenvalue weighted by atomic mass is 16.4. The summed E-state index contributed by atoms with van der Waals surface area (Å²) in [6, 6.07) is 0. The molecule has 14 heavy (non-hydrogen) atoms. The Kier molecular flexibility index (Phi) is 3.33. The molecule has 0 spiro atoms. The van der Waals surface area contributed by atoms with Gasteiger partial charge in [-0.15, -0.1) is 0 Å². The van der Waals surface area contributed by atoms with Crippen LogP contribution in [0.1, 0.15) is 32.6 Å². The average molecular weight is 199 g/mol. The highest BCUT2D eigenvalue weighted by molar-refractivity contribution is 6.07. The Hall–Kier alpha value is -1.26. The second-order valence-corrected chi connectivity index (χ2v) is 3.68. The van der Waals surface area contributed by atoms with Crippen LogP contribution in [-0.2, 0) is 4.79 Å². The van der Waals surface area contributed by atoms with Crippen molar-refractivity contribution in [2.75, 3.05) is 6.54 Å². The summed E-state index contributed by atoms with van der Waals surface area (Å²) in [5, 5.41) is 14.3. The van der Waals surface area contributed by atoms with Gasteiger partial charge in [-0.25, -0.2) is 0 Å². The number of hydrogen-bond donors (Lipinski definition) is 3. The Morgan fingerprint density at radius 1 is 1.64 bits per heavy atom. The van der Waals surface area contributed by atoms with Crippen molar-refractivity contribution in [1.29, 1.82) is 0 Å². The van der Waals surface area contributed by atoms with Gasteiger partial charge in [-0.1, -0.05) is 18.5 Å². The fraction of sp³-hybridized carbons (Fsp3) is 0.778. The van der Waals surface area contributed by atoms with Crippen molar-refractivity contribution in [2.45, 2.75) is 32.6 Å². The van der Waals surface area contributed by atoms with Crippen LogP contribution in [0.25, 0.3) is 0 Å². The van der Waals surface area contributed by atoms with Crippen molar-refractivity contribution in [3.8, 4) is 0 Å². The lowest BCUT2D eigenvalue weighted by atomic mass is 9.67. The van der Waals surface area contributed by atoms with Gasteiger partial charge in [0.2, 0.25) is 5.91 Å². The minimum absolute atomic E-state index is 0.0392. The van der Waals surface area contributed by atoms with Gasteiger partial charge in [0.25, 0.3) is 0 Å². The van der Waals surface area contributed by atoms with Gasteiger partial charge in [-0.05, 0) is 19.3 Å². The number of rotatable bonds is 4. The molecule has 0 bridgehead atoms. The Morgan fingerprint density at radius 3 is 2.64 bits per heavy atom. The molecule has 0 heterocycles. The predicted molar refractivity (Wildman–Crippen MR) is 53.0 cm³/mol. The molecule has 1 amide bonds. The minimum atomic E-state index is -0.732. The average Bonchev–Trinajstić information content (AvgIpc) is 2.12. The summed E-state index contributed by atoms with van der Waals surface area (Å²) in [5.74, 6) is -0.0711. The standard InChI is InChI=1S/C9H17N3O2/c1-2-6-11-8(13)9(4-3-5-9)7(10)12-14/h14H,2-6H2,1H3,(H2,10,12)(H,11,13). The van der Waals surface area contributed by atoms with Crippen molar-refractivity contribution in [3.63, 3.8) is 0 Å². The molecular weight excluding hydrogens is 182 g/mol. The summed E-state index contributed by atoms with van der Waals surface area (Å²) >= 11 is 0. The SMILES string of the molecule is CCCNC(=O)C1(C(N)=NO)CCC1. The first-order chi connectivity index (χ1) is 6.67. The normalized spacial score (nSPS) is 19.9. The van der Waals surface area contributed by atoms with E-state index in [4.69, 9.17) is 10.9 Å². The van der Waals surface area contributed by atoms with Crippen LogP contribution in [0.2, 0.25) is 0 Å². The van der Waals surface area contributed by atoms with Gasteiger partial charge >= 0.3 is 0 Å². The van der Waals surface area contributed by atoms with E-state index in [0.29, 0.717) is 19.4 Å². The number of nitrogens with one attached hydrogen (secondary N) is 1. The Morgan fingerprint density at radius 2 is 2.29 bits per heavy atom. The molecule has 1 aliphatic rings. The maximum absolute atomic E-state index is 11.7. The van der Waals surface area contributed by atoms with Gasteiger partial charge < -0.3 is 16.3 Å². The molecule has 5 heteroatoms. The maximum Gasteiger partial charge on any atom is 0.233 e. The van der Waals surface area contributed by atoms with E-state index in [0.717, 1.165) is 12.8 Å². The molecule has 4 N–H and O–H groups in total. The van der Waals surface area contributed by atoms with Crippen LogP contribution in [-0.4, -0.2) is 23.5 Å². The van der Waals surface area contributed by atoms with Crippen LogP contribution in [0.3, 0.4) is 0 Å². The van der Waals surface area contributed by atoms with E-state index in [1.165, 1.54) is 0 Å². The van der Waals surface area contributed by atoms with Crippen LogP contribution in [0, 0.1) is 5.41 Å². The van der Waals surface area contributed by atoms with E-state index in [2.05, 4.69) is 10.5 Å². The summed E-state index contributed by atoms with van der Waals surface area (Å²) in [6.07, 6.45) is 3.20. The third kappa shape index (κ3) is 1.66. The predicted octanol–water partition coefficient (Wildman–Crippen LogP) is 0.429. The first-order valence-corrected chi connectivity index (χ1v) is 4.93. The van der Waals surface area contributed by atoms with Crippen LogP contribution in [0.4, 0.5) is 0 Å². The lowest BCUT2D eigenvalue weighted by Crippen LogP contribution is -2.54. The Balaban J connectivity index is 2.65. The fourth-order valence-corrected chi connectivity index (χ4v) is 1.63. The summed E-state index contributed by atoms with van der Waals surface area (Å²) in [7, 11) is 0. The molecule has 1 rings (SSSR count). The van der Waals surface area contributed by atoms with Crippen molar-refractivity contribution in [2.24, 2.45) is 16.3 Å². The van der Waals surface area contributed by atoms with E-state index >= 15 is 0 Å². The third-order valence-corrected chi connectivity index (χ3v) is 2.78. The van der Waals surface area contributed by atoms with E-state index < -0.39 is 5.41 Å². The second kappa shape index (κ2) is 4.30. The number of nitrogens with two attached hydrogens (primary N) is 1. The van der Waals surface area contributed by atoms with Gasteiger partial charge in [-0.2, -0.15) is 0 Å². The molecule has 0 aromatic heterocycles. The van der Waals surface area contributed by atoms with Crippen molar-refractivity contribution in [1.82, 2.24) is 5.32 Å². The number of carbonyl (C=O) groups excluding carboxylic acids is 1. The number of amides is 1. The lowest BCUT2D eigenvalue weighted by molar-refractivity contribution is -0.131. The number of amidine groups is 1. The summed E-state index contributed by atoms with van der Waals surface area (Å²) < 4.78 is 0. The van der Waals surface area contributed by atoms with Crippen molar-refractivity contribution < 1.29 is 10.0 Å². The number of nitrogens with zero attached hydrogens (tertiary/aromatic N) is 1. The van der Waals surface area contributed by atoms with Crippen LogP contribution in [0.5, 0.6) is 0 Å². The highest BCUT2D eigenvalue weighted by Gasteiger charge is 2.48. The second-order valence-electron chi connectivity index (χ2n) is 3.68. The quantitative estimate of drug-likeness (QED) is 0.265. The Bertz CT molecular complexity index is 246. The van der Waals surface area contributed by atoms with Crippen molar-refractivity contribution in [3.05, 3.63) is 0 Å². The largest absolute Gasteiger partial charge is 0.409 e. The molecule has 0 aromatic carbocycles. The van der Waals surface area contributed by atoms with E-state index in [9.17, 15) is 4.79 Å². The fourth-order valence-electron chi connectivity index (χ4n) is 1.63. The van der Waals surface area contributed by atoms with Gasteiger partial charge in [0, 0.05) is 6.54 Å². The molecular formula is C9H17N3O2. The third-order valence-electron chi connectivity index (χ3n) is 2.78. The molecule has 0 radical (unpaired) electrons. The topological polar surface area (TPSA) is 87.7 Å². The van der Waals surface area contributed by atoms with E-state index in [1.54, 1.807) is 0 Å². The zero-order valence-corrected chi connectivity index (χ0v) is 8.42.